The molecule has 2 aliphatic heterocycles. The van der Waals surface area contributed by atoms with E-state index in [2.05, 4.69) is 24.0 Å². The number of ether oxygens (including phenoxy) is 2. The fourth-order valence-electron chi connectivity index (χ4n) is 3.27. The van der Waals surface area contributed by atoms with Crippen LogP contribution in [0.3, 0.4) is 0 Å². The number of anilines is 1. The Hall–Kier alpha value is -2.25. The fourth-order valence-corrected chi connectivity index (χ4v) is 4.71. The van der Waals surface area contributed by atoms with E-state index in [1.165, 1.54) is 11.3 Å². The zero-order valence-corrected chi connectivity index (χ0v) is 14.8. The van der Waals surface area contributed by atoms with E-state index in [-0.39, 0.29) is 11.7 Å². The molecule has 1 fully saturated rings. The minimum atomic E-state index is -3.53. The van der Waals surface area contributed by atoms with Crippen molar-refractivity contribution in [1.29, 1.82) is 0 Å². The Labute approximate surface area is 147 Å². The van der Waals surface area contributed by atoms with Crippen molar-refractivity contribution in [3.05, 3.63) is 48.0 Å². The first-order valence-corrected chi connectivity index (χ1v) is 9.70. The number of hydrogen-bond acceptors (Lipinski definition) is 5. The number of aryl methyl sites for hydroxylation is 1. The Balaban J connectivity index is 1.51. The Morgan fingerprint density at radius 2 is 1.64 bits per heavy atom. The van der Waals surface area contributed by atoms with Crippen molar-refractivity contribution in [1.82, 2.24) is 4.31 Å². The van der Waals surface area contributed by atoms with Crippen molar-refractivity contribution >= 4 is 15.7 Å². The molecule has 2 aromatic rings. The van der Waals surface area contributed by atoms with Gasteiger partial charge in [-0.05, 0) is 30.7 Å². The van der Waals surface area contributed by atoms with Gasteiger partial charge < -0.3 is 14.4 Å². The summed E-state index contributed by atoms with van der Waals surface area (Å²) in [6, 6.07) is 13.0. The van der Waals surface area contributed by atoms with Gasteiger partial charge in [0.2, 0.25) is 16.8 Å². The van der Waals surface area contributed by atoms with E-state index >= 15 is 0 Å². The predicted octanol–water partition coefficient (Wildman–Crippen LogP) is 2.23. The lowest BCUT2D eigenvalue weighted by atomic mass is 10.1. The summed E-state index contributed by atoms with van der Waals surface area (Å²) < 4.78 is 37.9. The molecular formula is C18H20N2O4S. The molecule has 0 saturated carbocycles. The molecule has 0 atom stereocenters. The third-order valence-corrected chi connectivity index (χ3v) is 6.57. The van der Waals surface area contributed by atoms with Gasteiger partial charge in [0.1, 0.15) is 0 Å². The molecule has 0 bridgehead atoms. The summed E-state index contributed by atoms with van der Waals surface area (Å²) in [4.78, 5) is 2.49. The van der Waals surface area contributed by atoms with Gasteiger partial charge >= 0.3 is 0 Å². The van der Waals surface area contributed by atoms with E-state index in [9.17, 15) is 8.42 Å². The van der Waals surface area contributed by atoms with Crippen molar-refractivity contribution in [2.45, 2.75) is 11.8 Å². The SMILES string of the molecule is Cc1ccccc1N1CCN(S(=O)(=O)c2ccc3c(c2)OCO3)CC1. The number of fused-ring (bicyclic) bond motifs is 1. The fraction of sp³-hybridized carbons (Fsp3) is 0.333. The highest BCUT2D eigenvalue weighted by atomic mass is 32.2. The van der Waals surface area contributed by atoms with Crippen LogP contribution in [0.2, 0.25) is 0 Å². The van der Waals surface area contributed by atoms with Crippen LogP contribution < -0.4 is 14.4 Å². The maximum atomic E-state index is 12.9. The van der Waals surface area contributed by atoms with Crippen LogP contribution in [0, 0.1) is 6.92 Å². The summed E-state index contributed by atoms with van der Waals surface area (Å²) in [5.41, 5.74) is 2.37. The van der Waals surface area contributed by atoms with Crippen LogP contribution in [0.25, 0.3) is 0 Å². The molecule has 2 aliphatic rings. The molecule has 0 aromatic heterocycles. The third kappa shape index (κ3) is 2.94. The van der Waals surface area contributed by atoms with Gasteiger partial charge in [0.25, 0.3) is 0 Å². The lowest BCUT2D eigenvalue weighted by Gasteiger charge is -2.36. The van der Waals surface area contributed by atoms with E-state index in [4.69, 9.17) is 9.47 Å². The Bertz CT molecular complexity index is 890. The molecule has 2 heterocycles. The topological polar surface area (TPSA) is 59.1 Å². The van der Waals surface area contributed by atoms with Gasteiger partial charge in [-0.25, -0.2) is 8.42 Å². The number of piperazine rings is 1. The Morgan fingerprint density at radius 3 is 2.40 bits per heavy atom. The second kappa shape index (κ2) is 6.24. The van der Waals surface area contributed by atoms with Crippen molar-refractivity contribution in [2.75, 3.05) is 37.9 Å². The van der Waals surface area contributed by atoms with E-state index in [0.29, 0.717) is 37.7 Å². The summed E-state index contributed by atoms with van der Waals surface area (Å²) in [6.07, 6.45) is 0. The first-order valence-electron chi connectivity index (χ1n) is 8.26. The predicted molar refractivity (Wildman–Crippen MR) is 94.7 cm³/mol. The molecule has 25 heavy (non-hydrogen) atoms. The number of rotatable bonds is 3. The summed E-state index contributed by atoms with van der Waals surface area (Å²) in [6.45, 7) is 4.48. The molecule has 0 N–H and O–H groups in total. The molecule has 0 aliphatic carbocycles. The Kier molecular flexibility index (Phi) is 4.05. The minimum absolute atomic E-state index is 0.133. The molecule has 132 valence electrons. The van der Waals surface area contributed by atoms with Gasteiger partial charge in [-0.15, -0.1) is 0 Å². The standard InChI is InChI=1S/C18H20N2O4S/c1-14-4-2-3-5-16(14)19-8-10-20(11-9-19)25(21,22)15-6-7-17-18(12-15)24-13-23-17/h2-7,12H,8-11,13H2,1H3. The zero-order chi connectivity index (χ0) is 17.4. The maximum absolute atomic E-state index is 12.9. The van der Waals surface area contributed by atoms with Crippen molar-refractivity contribution < 1.29 is 17.9 Å². The number of benzene rings is 2. The van der Waals surface area contributed by atoms with E-state index in [1.54, 1.807) is 22.5 Å². The highest BCUT2D eigenvalue weighted by Crippen LogP contribution is 2.35. The molecule has 6 nitrogen and oxygen atoms in total. The third-order valence-electron chi connectivity index (χ3n) is 4.68. The van der Waals surface area contributed by atoms with Crippen LogP contribution in [0.4, 0.5) is 5.69 Å². The summed E-state index contributed by atoms with van der Waals surface area (Å²) >= 11 is 0. The van der Waals surface area contributed by atoms with Gasteiger partial charge in [-0.1, -0.05) is 18.2 Å². The Morgan fingerprint density at radius 1 is 0.920 bits per heavy atom. The second-order valence-electron chi connectivity index (χ2n) is 6.19. The molecule has 7 heteroatoms. The molecule has 2 aromatic carbocycles. The molecule has 0 radical (unpaired) electrons. The molecule has 1 saturated heterocycles. The van der Waals surface area contributed by atoms with Crippen molar-refractivity contribution in [3.63, 3.8) is 0 Å². The van der Waals surface area contributed by atoms with Gasteiger partial charge in [0, 0.05) is 37.9 Å². The van der Waals surface area contributed by atoms with Crippen LogP contribution in [-0.4, -0.2) is 45.7 Å². The monoisotopic (exact) mass is 360 g/mol. The average Bonchev–Trinajstić information content (AvgIpc) is 3.10. The van der Waals surface area contributed by atoms with E-state index in [0.717, 1.165) is 0 Å². The first-order chi connectivity index (χ1) is 12.1. The molecule has 0 amide bonds. The molecule has 4 rings (SSSR count). The molecular weight excluding hydrogens is 340 g/mol. The van der Waals surface area contributed by atoms with Crippen molar-refractivity contribution in [3.8, 4) is 11.5 Å². The highest BCUT2D eigenvalue weighted by Gasteiger charge is 2.30. The van der Waals surface area contributed by atoms with Crippen LogP contribution in [0.5, 0.6) is 11.5 Å². The highest BCUT2D eigenvalue weighted by molar-refractivity contribution is 7.89. The zero-order valence-electron chi connectivity index (χ0n) is 14.0. The largest absolute Gasteiger partial charge is 0.454 e. The lowest BCUT2D eigenvalue weighted by molar-refractivity contribution is 0.174. The van der Waals surface area contributed by atoms with E-state index in [1.807, 2.05) is 12.1 Å². The normalized spacial score (nSPS) is 17.7. The minimum Gasteiger partial charge on any atom is -0.454 e. The van der Waals surface area contributed by atoms with Crippen LogP contribution in [0.1, 0.15) is 5.56 Å². The maximum Gasteiger partial charge on any atom is 0.243 e. The van der Waals surface area contributed by atoms with Gasteiger partial charge in [-0.3, -0.25) is 0 Å². The smallest absolute Gasteiger partial charge is 0.243 e. The number of hydrogen-bond donors (Lipinski definition) is 0. The van der Waals surface area contributed by atoms with Crippen LogP contribution in [0.15, 0.2) is 47.4 Å². The average molecular weight is 360 g/mol. The number of para-hydroxylation sites is 1. The van der Waals surface area contributed by atoms with Crippen LogP contribution >= 0.6 is 0 Å². The summed E-state index contributed by atoms with van der Waals surface area (Å²) in [7, 11) is -3.53. The summed E-state index contributed by atoms with van der Waals surface area (Å²) in [5, 5.41) is 0. The molecule has 0 unspecified atom stereocenters. The summed E-state index contributed by atoms with van der Waals surface area (Å²) in [5.74, 6) is 1.07. The van der Waals surface area contributed by atoms with Crippen LogP contribution in [-0.2, 0) is 10.0 Å². The number of sulfonamides is 1. The lowest BCUT2D eigenvalue weighted by Crippen LogP contribution is -2.48. The van der Waals surface area contributed by atoms with Gasteiger partial charge in [0.15, 0.2) is 11.5 Å². The van der Waals surface area contributed by atoms with E-state index < -0.39 is 10.0 Å². The van der Waals surface area contributed by atoms with Gasteiger partial charge in [-0.2, -0.15) is 4.31 Å². The van der Waals surface area contributed by atoms with Gasteiger partial charge in [0.05, 0.1) is 4.90 Å². The van der Waals surface area contributed by atoms with Crippen molar-refractivity contribution in [2.24, 2.45) is 0 Å². The molecule has 0 spiro atoms. The second-order valence-corrected chi connectivity index (χ2v) is 8.13. The first kappa shape index (κ1) is 16.2. The number of nitrogens with zero attached hydrogens (tertiary/aromatic N) is 2. The quantitative estimate of drug-likeness (QED) is 0.840.